The summed E-state index contributed by atoms with van der Waals surface area (Å²) in [5.41, 5.74) is 2.12. The van der Waals surface area contributed by atoms with Crippen LogP contribution in [0.2, 0.25) is 0 Å². The third kappa shape index (κ3) is 3.30. The number of ketones is 1. The fourth-order valence-electron chi connectivity index (χ4n) is 3.44. The van der Waals surface area contributed by atoms with E-state index >= 15 is 0 Å². The van der Waals surface area contributed by atoms with Gasteiger partial charge in [0.15, 0.2) is 5.78 Å². The lowest BCUT2D eigenvalue weighted by Gasteiger charge is -2.13. The molecule has 150 valence electrons. The largest absolute Gasteiger partial charge is 0.428 e. The molecule has 4 rings (SSSR count). The molecule has 7 heteroatoms. The minimum atomic E-state index is -0.438. The first kappa shape index (κ1) is 19.3. The number of aryl methyl sites for hydroxylation is 1. The topological polar surface area (TPSA) is 89.5 Å². The van der Waals surface area contributed by atoms with Crippen molar-refractivity contribution >= 4 is 11.5 Å². The van der Waals surface area contributed by atoms with E-state index in [-0.39, 0.29) is 17.0 Å². The van der Waals surface area contributed by atoms with Gasteiger partial charge in [-0.05, 0) is 38.1 Å². The minimum absolute atomic E-state index is 0.0408. The summed E-state index contributed by atoms with van der Waals surface area (Å²) < 4.78 is 2.30. The summed E-state index contributed by atoms with van der Waals surface area (Å²) in [5.74, 6) is -0.294. The van der Waals surface area contributed by atoms with Gasteiger partial charge < -0.3 is 5.21 Å². The lowest BCUT2D eigenvalue weighted by Crippen LogP contribution is -2.26. The maximum Gasteiger partial charge on any atom is 0.293 e. The monoisotopic (exact) mass is 400 g/mol. The summed E-state index contributed by atoms with van der Waals surface area (Å²) >= 11 is 0. The first-order valence-corrected chi connectivity index (χ1v) is 9.57. The smallest absolute Gasteiger partial charge is 0.293 e. The summed E-state index contributed by atoms with van der Waals surface area (Å²) in [6.45, 7) is 3.56. The molecular formula is C23H20N4O3. The van der Waals surface area contributed by atoms with Crippen LogP contribution in [-0.2, 0) is 6.54 Å². The van der Waals surface area contributed by atoms with Gasteiger partial charge in [-0.3, -0.25) is 9.59 Å². The molecule has 0 saturated carbocycles. The number of rotatable bonds is 4. The van der Waals surface area contributed by atoms with Gasteiger partial charge in [0.05, 0.1) is 16.6 Å². The van der Waals surface area contributed by atoms with Crippen molar-refractivity contribution in [1.29, 1.82) is 0 Å². The van der Waals surface area contributed by atoms with Gasteiger partial charge in [0.25, 0.3) is 5.56 Å². The predicted octanol–water partition coefficient (Wildman–Crippen LogP) is 3.51. The molecule has 2 aromatic rings. The fourth-order valence-corrected chi connectivity index (χ4v) is 3.44. The Bertz CT molecular complexity index is 1340. The molecule has 0 atom stereocenters. The number of hydrogen-bond donors (Lipinski definition) is 1. The van der Waals surface area contributed by atoms with E-state index in [1.165, 1.54) is 17.8 Å². The number of pyridine rings is 1. The molecule has 1 aliphatic heterocycles. The molecular weight excluding hydrogens is 380 g/mol. The second-order valence-corrected chi connectivity index (χ2v) is 6.79. The van der Waals surface area contributed by atoms with Crippen molar-refractivity contribution in [3.05, 3.63) is 88.1 Å². The Morgan fingerprint density at radius 1 is 1.07 bits per heavy atom. The second kappa shape index (κ2) is 7.79. The molecule has 0 spiro atoms. The van der Waals surface area contributed by atoms with Crippen LogP contribution in [0.3, 0.4) is 0 Å². The average molecular weight is 400 g/mol. The van der Waals surface area contributed by atoms with Crippen molar-refractivity contribution in [2.45, 2.75) is 20.4 Å². The van der Waals surface area contributed by atoms with Crippen LogP contribution in [0.1, 0.15) is 24.2 Å². The van der Waals surface area contributed by atoms with E-state index in [4.69, 9.17) is 0 Å². The summed E-state index contributed by atoms with van der Waals surface area (Å²) in [5, 5.41) is 15.0. The van der Waals surface area contributed by atoms with Gasteiger partial charge in [-0.1, -0.05) is 36.4 Å². The van der Waals surface area contributed by atoms with Crippen LogP contribution in [-0.4, -0.2) is 25.5 Å². The summed E-state index contributed by atoms with van der Waals surface area (Å²) in [6, 6.07) is 18.0. The molecule has 7 nitrogen and oxygen atoms in total. The Labute approximate surface area is 172 Å². The van der Waals surface area contributed by atoms with Gasteiger partial charge in [-0.2, -0.15) is 9.83 Å². The number of nitrogens with zero attached hydrogens (tertiary/aromatic N) is 4. The van der Waals surface area contributed by atoms with E-state index in [1.54, 1.807) is 30.3 Å². The van der Waals surface area contributed by atoms with Crippen LogP contribution in [0.25, 0.3) is 22.5 Å². The van der Waals surface area contributed by atoms with Crippen molar-refractivity contribution in [2.75, 3.05) is 0 Å². The van der Waals surface area contributed by atoms with Crippen LogP contribution < -0.4 is 10.9 Å². The number of Topliss-reactive ketones (excluding diaryl/α,β-unsaturated/α-hetero) is 1. The van der Waals surface area contributed by atoms with Crippen molar-refractivity contribution in [3.8, 4) is 22.5 Å². The molecule has 0 unspecified atom stereocenters. The average Bonchev–Trinajstić information content (AvgIpc) is 2.76. The van der Waals surface area contributed by atoms with Gasteiger partial charge in [0, 0.05) is 23.9 Å². The van der Waals surface area contributed by atoms with Gasteiger partial charge in [-0.15, -0.1) is 0 Å². The Morgan fingerprint density at radius 2 is 1.83 bits per heavy atom. The minimum Gasteiger partial charge on any atom is -0.428 e. The molecule has 0 radical (unpaired) electrons. The molecule has 1 N–H and O–H groups in total. The fraction of sp³-hybridized carbons (Fsp3) is 0.130. The Kier molecular flexibility index (Phi) is 5.02. The molecule has 0 amide bonds. The highest BCUT2D eigenvalue weighted by Gasteiger charge is 2.21. The third-order valence-corrected chi connectivity index (χ3v) is 4.86. The van der Waals surface area contributed by atoms with Crippen LogP contribution in [0.4, 0.5) is 5.69 Å². The standard InChI is InChI=1S/C23H20N4O3/c1-3-26-23(29)22(20(15(2)28)21(25-26)16-9-5-4-6-10-16)24-18-12-7-13-19-17(18)11-8-14-27(19)30/h4-14,30H,3H2,1-2H3. The number of carbonyl (C=O) groups excluding carboxylic acids is 1. The molecule has 2 aliphatic rings. The zero-order valence-corrected chi connectivity index (χ0v) is 16.6. The quantitative estimate of drug-likeness (QED) is 0.419. The van der Waals surface area contributed by atoms with Crippen LogP contribution >= 0.6 is 0 Å². The van der Waals surface area contributed by atoms with Crippen LogP contribution in [0.5, 0.6) is 0 Å². The first-order valence-electron chi connectivity index (χ1n) is 9.57. The van der Waals surface area contributed by atoms with E-state index < -0.39 is 5.56 Å². The summed E-state index contributed by atoms with van der Waals surface area (Å²) in [7, 11) is 0. The molecule has 30 heavy (non-hydrogen) atoms. The highest BCUT2D eigenvalue weighted by Crippen LogP contribution is 2.27. The van der Waals surface area contributed by atoms with Crippen molar-refractivity contribution in [1.82, 2.24) is 14.5 Å². The third-order valence-electron chi connectivity index (χ3n) is 4.86. The van der Waals surface area contributed by atoms with E-state index in [2.05, 4.69) is 10.1 Å². The van der Waals surface area contributed by atoms with E-state index in [1.807, 2.05) is 37.3 Å². The van der Waals surface area contributed by atoms with Gasteiger partial charge in [-0.25, -0.2) is 9.67 Å². The van der Waals surface area contributed by atoms with E-state index in [0.717, 1.165) is 10.3 Å². The highest BCUT2D eigenvalue weighted by molar-refractivity contribution is 6.04. The normalized spacial score (nSPS) is 11.7. The Morgan fingerprint density at radius 3 is 2.53 bits per heavy atom. The highest BCUT2D eigenvalue weighted by atomic mass is 16.5. The van der Waals surface area contributed by atoms with Gasteiger partial charge >= 0.3 is 0 Å². The maximum atomic E-state index is 13.1. The first-order chi connectivity index (χ1) is 14.5. The molecule has 2 heterocycles. The zero-order chi connectivity index (χ0) is 21.3. The zero-order valence-electron chi connectivity index (χ0n) is 16.6. The molecule has 1 aromatic heterocycles. The number of aromatic nitrogens is 3. The number of benzene rings is 2. The molecule has 1 aromatic carbocycles. The van der Waals surface area contributed by atoms with Crippen molar-refractivity contribution in [3.63, 3.8) is 0 Å². The molecule has 0 bridgehead atoms. The molecule has 1 aliphatic carbocycles. The van der Waals surface area contributed by atoms with Gasteiger partial charge in [0.2, 0.25) is 0 Å². The second-order valence-electron chi connectivity index (χ2n) is 6.79. The number of carbonyl (C=O) groups is 1. The van der Waals surface area contributed by atoms with Crippen LogP contribution in [0, 0.1) is 0 Å². The van der Waals surface area contributed by atoms with E-state index in [0.29, 0.717) is 28.9 Å². The lowest BCUT2D eigenvalue weighted by atomic mass is 10.0. The summed E-state index contributed by atoms with van der Waals surface area (Å²) in [4.78, 5) is 30.4. The van der Waals surface area contributed by atoms with Crippen molar-refractivity contribution < 1.29 is 10.0 Å². The predicted molar refractivity (Wildman–Crippen MR) is 113 cm³/mol. The van der Waals surface area contributed by atoms with Gasteiger partial charge in [0.1, 0.15) is 11.4 Å². The lowest BCUT2D eigenvalue weighted by molar-refractivity contribution is 0.101. The number of fused-ring (bicyclic) bond motifs is 1. The van der Waals surface area contributed by atoms with Crippen molar-refractivity contribution in [2.24, 2.45) is 4.99 Å². The SMILES string of the molecule is CCn1nc(-c2ccccc2)c(C(C)=O)c(N=c2cccc3n(O)cccc2-3)c1=O. The Hall–Kier alpha value is -4.00. The molecule has 0 fully saturated rings. The Balaban J connectivity index is 2.10. The molecule has 0 saturated heterocycles. The van der Waals surface area contributed by atoms with E-state index in [9.17, 15) is 14.8 Å². The number of hydrogen-bond acceptors (Lipinski definition) is 5. The van der Waals surface area contributed by atoms with Crippen LogP contribution in [0.15, 0.2) is 76.6 Å². The maximum absolute atomic E-state index is 13.1. The summed E-state index contributed by atoms with van der Waals surface area (Å²) in [6.07, 6.45) is 1.51.